The molecule has 0 aliphatic carbocycles. The predicted molar refractivity (Wildman–Crippen MR) is 71.9 cm³/mol. The van der Waals surface area contributed by atoms with E-state index in [1.807, 2.05) is 14.4 Å². The van der Waals surface area contributed by atoms with Gasteiger partial charge in [0, 0.05) is 0 Å². The number of benzene rings is 2. The summed E-state index contributed by atoms with van der Waals surface area (Å²) in [6, 6.07) is 0. The standard InChI is InChI=1S/C14H6N.7Ra.7H/c1-9-3-5-11-12-6-4-10(2)8-14(12)15-13(11)7-9;;;;;;;;;;;;;;/h1-2H3;;;;;;;;;;;;;;/q-1;;;;;;;+1;;;;;;;. The Balaban J connectivity index is 2.81. The molecule has 0 saturated heterocycles. The molecule has 3 rings (SSSR count). The molecule has 22 heavy (non-hydrogen) atoms. The zero-order valence-corrected chi connectivity index (χ0v) is 73.0. The second-order valence-corrected chi connectivity index (χ2v) is 35.3. The summed E-state index contributed by atoms with van der Waals surface area (Å²) in [4.78, 5) is 0. The van der Waals surface area contributed by atoms with E-state index in [2.05, 4.69) is 13.9 Å². The minimum atomic E-state index is 0.399. The zero-order valence-electron chi connectivity index (χ0n) is 15.4. The molecule has 0 radical (unpaired) electrons. The van der Waals surface area contributed by atoms with Crippen LogP contribution in [0.15, 0.2) is 0 Å². The van der Waals surface area contributed by atoms with Gasteiger partial charge in [0.25, 0.3) is 0 Å². The van der Waals surface area contributed by atoms with E-state index in [-0.39, 0.29) is 0 Å². The molecule has 0 saturated carbocycles. The van der Waals surface area contributed by atoms with Crippen molar-refractivity contribution in [1.82, 2.24) is 0.0986 Å². The van der Waals surface area contributed by atoms with Gasteiger partial charge in [-0.05, 0) is 0 Å². The Hall–Kier alpha value is 8.51. The van der Waals surface area contributed by atoms with Gasteiger partial charge in [0.05, 0.1) is 0 Å². The summed E-state index contributed by atoms with van der Waals surface area (Å²) in [6.45, 7) is 4.94. The molecule has 0 fully saturated rings. The maximum absolute atomic E-state index is 2.89. The van der Waals surface area contributed by atoms with Crippen molar-refractivity contribution in [2.75, 3.05) is 0 Å². The monoisotopic (exact) mass is 1780 g/mol. The first-order valence-electron chi connectivity index (χ1n) is 8.14. The third-order valence-corrected chi connectivity index (χ3v) is 76.3. The molecule has 0 atom stereocenters. The van der Waals surface area contributed by atoms with Gasteiger partial charge in [-0.1, -0.05) is 0 Å². The van der Waals surface area contributed by atoms with Crippen molar-refractivity contribution in [3.05, 3.63) is 11.1 Å². The molecule has 88 valence electrons. The van der Waals surface area contributed by atoms with Crippen molar-refractivity contribution in [3.8, 4) is 0 Å². The van der Waals surface area contributed by atoms with Gasteiger partial charge in [-0.2, -0.15) is 0 Å². The average molecular weight is 1780 g/mol. The molecule has 0 amide bonds. The topological polar surface area (TPSA) is 4.93 Å². The summed E-state index contributed by atoms with van der Waals surface area (Å²) >= 11 is 3.39. The van der Waals surface area contributed by atoms with Crippen LogP contribution in [0.4, 0.5) is 0 Å². The maximum atomic E-state index is 2.89. The third-order valence-electron chi connectivity index (χ3n) is 6.23. The van der Waals surface area contributed by atoms with Gasteiger partial charge in [0.2, 0.25) is 0 Å². The number of fused-ring (bicyclic) bond motifs is 3. The summed E-state index contributed by atoms with van der Waals surface area (Å²) in [5.41, 5.74) is 7.17. The predicted octanol–water partition coefficient (Wildman–Crippen LogP) is -3.10. The van der Waals surface area contributed by atoms with Gasteiger partial charge in [0.15, 0.2) is 0 Å². The van der Waals surface area contributed by atoms with Crippen molar-refractivity contribution in [1.29, 1.82) is 0 Å². The minimum absolute atomic E-state index is 0.399. The van der Waals surface area contributed by atoms with Gasteiger partial charge >= 0.3 is 350 Å². The van der Waals surface area contributed by atoms with Crippen LogP contribution in [0, 0.1) is 314 Å². The zero-order chi connectivity index (χ0) is 16.5. The molecule has 3 aromatic rings. The first kappa shape index (κ1) is 25.1. The number of rotatable bonds is 0. The van der Waals surface area contributed by atoms with Crippen LogP contribution in [0.1, 0.15) is 11.1 Å². The number of nitrogens with zero attached hydrogens (tertiary/aromatic N) is 1. The Morgan fingerprint density at radius 2 is 0.864 bits per heavy atom. The van der Waals surface area contributed by atoms with Gasteiger partial charge < -0.3 is 0 Å². The van der Waals surface area contributed by atoms with Crippen LogP contribution >= 0.6 is 0 Å². The fraction of sp³-hybridized carbons (Fsp3) is 0.143. The summed E-state index contributed by atoms with van der Waals surface area (Å²) in [6.07, 6.45) is 0. The van der Waals surface area contributed by atoms with Crippen LogP contribution in [0.25, 0.3) is 21.8 Å². The van der Waals surface area contributed by atoms with E-state index < -0.39 is 0 Å². The van der Waals surface area contributed by atoms with Crippen molar-refractivity contribution in [3.63, 3.8) is 0 Å². The summed E-state index contributed by atoms with van der Waals surface area (Å²) in [5, 5.41) is 3.73. The normalized spacial score (nSPS) is 11.2. The molecule has 0 aliphatic heterocycles. The summed E-state index contributed by atoms with van der Waals surface area (Å²) in [5.74, 6) is 0. The number of hydrogen-bond donors (Lipinski definition) is 0. The Labute approximate surface area is 337 Å². The van der Waals surface area contributed by atoms with Crippen LogP contribution in [-0.4, -0.2) is 0.0986 Å². The van der Waals surface area contributed by atoms with Crippen LogP contribution in [-0.2, 0) is 0 Å². The fourth-order valence-corrected chi connectivity index (χ4v) is 60.9. The van der Waals surface area contributed by atoms with E-state index >= 15 is 0 Å². The van der Waals surface area contributed by atoms with Crippen LogP contribution in [0.2, 0.25) is 0 Å². The quantitative estimate of drug-likeness (QED) is 0.225. The van der Waals surface area contributed by atoms with Crippen molar-refractivity contribution >= 4 is 25.4 Å². The molecular formula is C14H13NRa7. The molecule has 0 N–H and O–H groups in total. The Bertz CT molecular complexity index is 894. The molecule has 8 heteroatoms. The number of aromatic nitrogens is 1. The Kier molecular flexibility index (Phi) is 12.1. The molecule has 0 aliphatic rings. The molecule has 2 aromatic carbocycles. The Morgan fingerprint density at radius 1 is 0.545 bits per heavy atom. The number of hydrogen-bond acceptors (Lipinski definition) is 0. The van der Waals surface area contributed by atoms with Crippen LogP contribution in [0.5, 0.6) is 0 Å². The van der Waals surface area contributed by atoms with E-state index in [4.69, 9.17) is 0 Å². The first-order chi connectivity index (χ1) is 10.2. The van der Waals surface area contributed by atoms with E-state index in [1.54, 1.807) is 22.2 Å². The molecule has 0 bridgehead atoms. The van der Waals surface area contributed by atoms with Crippen LogP contribution < -0.4 is 3.63 Å². The van der Waals surface area contributed by atoms with Crippen molar-refractivity contribution in [2.24, 2.45) is 0 Å². The molecule has 1 nitrogen and oxygen atoms in total. The Morgan fingerprint density at radius 3 is 1.18 bits per heavy atom. The second kappa shape index (κ2) is 10.6. The third kappa shape index (κ3) is 4.60. The van der Waals surface area contributed by atoms with E-state index in [1.165, 1.54) is 0 Å². The van der Waals surface area contributed by atoms with E-state index in [9.17, 15) is 0 Å². The molecule has 1 aromatic heterocycles. The summed E-state index contributed by atoms with van der Waals surface area (Å²) < 4.78 is 14.3. The summed E-state index contributed by atoms with van der Waals surface area (Å²) in [7, 11) is 0. The molecule has 1 heterocycles. The van der Waals surface area contributed by atoms with Gasteiger partial charge in [-0.3, -0.25) is 0 Å². The SMILES string of the molecule is Cc1[c]([RaH])[c]([RaH])c2c3[c]([RaH])[c]([RaH])c(C)[c]([RaH])c3[n]([RaH])c2[c]1[RaH]. The first-order valence-corrected chi connectivity index (χ1v) is 36.5. The van der Waals surface area contributed by atoms with Gasteiger partial charge in [-0.25, -0.2) is 0 Å². The molecule has 0 unspecified atom stereocenters. The fourth-order valence-electron chi connectivity index (χ4n) is 4.15. The average Bonchev–Trinajstić information content (AvgIpc) is 2.80. The van der Waals surface area contributed by atoms with Crippen molar-refractivity contribution in [2.45, 2.75) is 13.8 Å². The van der Waals surface area contributed by atoms with Crippen molar-refractivity contribution < 1.29 is 300 Å². The molecular weight excluding hydrogens is 1760 g/mol. The van der Waals surface area contributed by atoms with Gasteiger partial charge in [-0.15, -0.1) is 0 Å². The van der Waals surface area contributed by atoms with E-state index in [0.29, 0.717) is 300 Å². The van der Waals surface area contributed by atoms with Crippen LogP contribution in [0.3, 0.4) is 0 Å². The van der Waals surface area contributed by atoms with Gasteiger partial charge in [0.1, 0.15) is 0 Å². The second-order valence-electron chi connectivity index (χ2n) is 7.01. The van der Waals surface area contributed by atoms with E-state index in [0.717, 1.165) is 0 Å². The molecule has 0 spiro atoms.